The summed E-state index contributed by atoms with van der Waals surface area (Å²) < 4.78 is 25.2. The first-order chi connectivity index (χ1) is 16.3. The molecule has 0 spiro atoms. The van der Waals surface area contributed by atoms with Crippen molar-refractivity contribution >= 4 is 21.2 Å². The van der Waals surface area contributed by atoms with Gasteiger partial charge < -0.3 is 10.2 Å². The van der Waals surface area contributed by atoms with E-state index in [-0.39, 0.29) is 5.75 Å². The zero-order valence-corrected chi connectivity index (χ0v) is 20.5. The summed E-state index contributed by atoms with van der Waals surface area (Å²) in [7, 11) is -3.10. The third kappa shape index (κ3) is 4.56. The van der Waals surface area contributed by atoms with Gasteiger partial charge in [-0.2, -0.15) is 5.10 Å². The van der Waals surface area contributed by atoms with Crippen molar-refractivity contribution in [3.05, 3.63) is 72.7 Å². The molecule has 2 atom stereocenters. The molecule has 7 nitrogen and oxygen atoms in total. The highest BCUT2D eigenvalue weighted by molar-refractivity contribution is 7.89. The Balaban J connectivity index is 1.43. The highest BCUT2D eigenvalue weighted by Gasteiger charge is 2.24. The second-order valence-corrected chi connectivity index (χ2v) is 11.4. The first-order valence-corrected chi connectivity index (χ1v) is 13.5. The fraction of sp³-hybridized carbons (Fsp3) is 0.308. The molecule has 0 aliphatic carbocycles. The molecule has 3 heterocycles. The molecular formula is C26H29N5O2S. The average Bonchev–Trinajstić information content (AvgIpc) is 3.22. The maximum atomic E-state index is 11.7. The van der Waals surface area contributed by atoms with Crippen LogP contribution in [0.2, 0.25) is 0 Å². The molecule has 1 N–H and O–H groups in total. The lowest BCUT2D eigenvalue weighted by Gasteiger charge is -2.41. The van der Waals surface area contributed by atoms with E-state index in [0.29, 0.717) is 12.1 Å². The normalized spacial score (nSPS) is 19.0. The molecule has 2 aromatic heterocycles. The first kappa shape index (κ1) is 22.6. The van der Waals surface area contributed by atoms with E-state index in [1.807, 2.05) is 36.7 Å². The fourth-order valence-electron chi connectivity index (χ4n) is 4.83. The van der Waals surface area contributed by atoms with Gasteiger partial charge in [0.25, 0.3) is 0 Å². The molecule has 0 unspecified atom stereocenters. The Kier molecular flexibility index (Phi) is 5.87. The molecule has 176 valence electrons. The molecule has 0 bridgehead atoms. The van der Waals surface area contributed by atoms with Crippen molar-refractivity contribution in [2.45, 2.75) is 31.7 Å². The Hall–Kier alpha value is -3.23. The summed E-state index contributed by atoms with van der Waals surface area (Å²) >= 11 is 0. The SMILES string of the molecule is C[C@@H]1CNC[C@H](C)N1c1ccc(-c2cnc3c(-c4cccc(CS(C)(=O)=O)c4)cnn3c2)cc1. The Morgan fingerprint density at radius 3 is 2.41 bits per heavy atom. The summed E-state index contributed by atoms with van der Waals surface area (Å²) in [5, 5.41) is 8.00. The van der Waals surface area contributed by atoms with Gasteiger partial charge in [0.05, 0.1) is 11.9 Å². The summed E-state index contributed by atoms with van der Waals surface area (Å²) in [6.45, 7) is 6.48. The molecule has 0 saturated carbocycles. The van der Waals surface area contributed by atoms with E-state index in [9.17, 15) is 8.42 Å². The minimum Gasteiger partial charge on any atom is -0.364 e. The number of nitrogens with zero attached hydrogens (tertiary/aromatic N) is 4. The molecule has 1 aliphatic heterocycles. The average molecular weight is 476 g/mol. The van der Waals surface area contributed by atoms with Gasteiger partial charge in [0, 0.05) is 60.6 Å². The summed E-state index contributed by atoms with van der Waals surface area (Å²) in [5.74, 6) is 0.0130. The molecule has 1 aliphatic rings. The molecular weight excluding hydrogens is 446 g/mol. The van der Waals surface area contributed by atoms with Crippen LogP contribution in [0.3, 0.4) is 0 Å². The van der Waals surface area contributed by atoms with Crippen LogP contribution in [0.5, 0.6) is 0 Å². The molecule has 1 saturated heterocycles. The van der Waals surface area contributed by atoms with Crippen LogP contribution < -0.4 is 10.2 Å². The van der Waals surface area contributed by atoms with Crippen LogP contribution in [-0.4, -0.2) is 54.4 Å². The Bertz CT molecular complexity index is 1420. The van der Waals surface area contributed by atoms with Gasteiger partial charge in [-0.05, 0) is 48.7 Å². The predicted molar refractivity (Wildman–Crippen MR) is 137 cm³/mol. The molecule has 34 heavy (non-hydrogen) atoms. The van der Waals surface area contributed by atoms with Gasteiger partial charge in [0.1, 0.15) is 0 Å². The van der Waals surface area contributed by atoms with Crippen molar-refractivity contribution in [2.24, 2.45) is 0 Å². The van der Waals surface area contributed by atoms with E-state index in [4.69, 9.17) is 4.98 Å². The Labute approximate surface area is 200 Å². The van der Waals surface area contributed by atoms with Crippen molar-refractivity contribution in [1.82, 2.24) is 19.9 Å². The van der Waals surface area contributed by atoms with Crippen LogP contribution in [0.4, 0.5) is 5.69 Å². The van der Waals surface area contributed by atoms with Crippen molar-refractivity contribution in [3.8, 4) is 22.3 Å². The summed E-state index contributed by atoms with van der Waals surface area (Å²) in [4.78, 5) is 7.17. The molecule has 0 radical (unpaired) electrons. The summed E-state index contributed by atoms with van der Waals surface area (Å²) in [6.07, 6.45) is 6.88. The van der Waals surface area contributed by atoms with Crippen LogP contribution in [0, 0.1) is 0 Å². The van der Waals surface area contributed by atoms with Gasteiger partial charge in [0.2, 0.25) is 0 Å². The van der Waals surface area contributed by atoms with Gasteiger partial charge in [-0.1, -0.05) is 30.3 Å². The van der Waals surface area contributed by atoms with E-state index in [1.165, 1.54) is 11.9 Å². The first-order valence-electron chi connectivity index (χ1n) is 11.5. The minimum absolute atomic E-state index is 0.0130. The van der Waals surface area contributed by atoms with Crippen molar-refractivity contribution in [2.75, 3.05) is 24.2 Å². The highest BCUT2D eigenvalue weighted by Crippen LogP contribution is 2.29. The number of hydrogen-bond acceptors (Lipinski definition) is 6. The largest absolute Gasteiger partial charge is 0.364 e. The molecule has 8 heteroatoms. The van der Waals surface area contributed by atoms with Crippen molar-refractivity contribution in [1.29, 1.82) is 0 Å². The smallest absolute Gasteiger partial charge is 0.162 e. The molecule has 0 amide bonds. The van der Waals surface area contributed by atoms with Crippen LogP contribution >= 0.6 is 0 Å². The van der Waals surface area contributed by atoms with Crippen LogP contribution in [0.15, 0.2) is 67.1 Å². The second kappa shape index (κ2) is 8.85. The number of nitrogens with one attached hydrogen (secondary N) is 1. The number of benzene rings is 2. The Morgan fingerprint density at radius 2 is 1.71 bits per heavy atom. The van der Waals surface area contributed by atoms with Crippen LogP contribution in [0.1, 0.15) is 19.4 Å². The van der Waals surface area contributed by atoms with E-state index in [0.717, 1.165) is 46.6 Å². The van der Waals surface area contributed by atoms with E-state index in [2.05, 4.69) is 53.4 Å². The second-order valence-electron chi connectivity index (χ2n) is 9.25. The lowest BCUT2D eigenvalue weighted by Crippen LogP contribution is -2.55. The molecule has 2 aromatic carbocycles. The maximum Gasteiger partial charge on any atom is 0.162 e. The number of piperazine rings is 1. The number of sulfone groups is 1. The topological polar surface area (TPSA) is 79.6 Å². The zero-order chi connectivity index (χ0) is 23.9. The number of hydrogen-bond donors (Lipinski definition) is 1. The maximum absolute atomic E-state index is 11.7. The van der Waals surface area contributed by atoms with Crippen molar-refractivity contribution < 1.29 is 8.42 Å². The lowest BCUT2D eigenvalue weighted by molar-refractivity contribution is 0.432. The number of rotatable bonds is 5. The third-order valence-electron chi connectivity index (χ3n) is 6.35. The number of fused-ring (bicyclic) bond motifs is 1. The van der Waals surface area contributed by atoms with Gasteiger partial charge in [-0.3, -0.25) is 0 Å². The molecule has 1 fully saturated rings. The zero-order valence-electron chi connectivity index (χ0n) is 19.6. The third-order valence-corrected chi connectivity index (χ3v) is 7.21. The van der Waals surface area contributed by atoms with E-state index in [1.54, 1.807) is 10.7 Å². The monoisotopic (exact) mass is 475 g/mol. The van der Waals surface area contributed by atoms with E-state index < -0.39 is 9.84 Å². The fourth-order valence-corrected chi connectivity index (χ4v) is 5.61. The molecule has 4 aromatic rings. The van der Waals surface area contributed by atoms with Gasteiger partial charge in [-0.25, -0.2) is 17.9 Å². The molecule has 5 rings (SSSR count). The Morgan fingerprint density at radius 1 is 0.971 bits per heavy atom. The number of anilines is 1. The standard InChI is InChI=1S/C26H29N5O2S/c1-18-12-27-13-19(2)31(18)24-9-7-21(8-10-24)23-14-28-26-25(15-29-30(26)16-23)22-6-4-5-20(11-22)17-34(3,32)33/h4-11,14-16,18-19,27H,12-13,17H2,1-3H3/t18-,19+. The van der Waals surface area contributed by atoms with Crippen LogP contribution in [-0.2, 0) is 15.6 Å². The highest BCUT2D eigenvalue weighted by atomic mass is 32.2. The van der Waals surface area contributed by atoms with Gasteiger partial charge >= 0.3 is 0 Å². The predicted octanol–water partition coefficient (Wildman–Crippen LogP) is 3.79. The van der Waals surface area contributed by atoms with Crippen molar-refractivity contribution in [3.63, 3.8) is 0 Å². The quantitative estimate of drug-likeness (QED) is 0.473. The lowest BCUT2D eigenvalue weighted by atomic mass is 10.0. The number of aromatic nitrogens is 3. The van der Waals surface area contributed by atoms with Gasteiger partial charge in [-0.15, -0.1) is 0 Å². The van der Waals surface area contributed by atoms with Gasteiger partial charge in [0.15, 0.2) is 15.5 Å². The summed E-state index contributed by atoms with van der Waals surface area (Å²) in [6, 6.07) is 17.1. The minimum atomic E-state index is -3.10. The van der Waals surface area contributed by atoms with E-state index >= 15 is 0 Å². The summed E-state index contributed by atoms with van der Waals surface area (Å²) in [5.41, 5.74) is 6.57. The van der Waals surface area contributed by atoms with Crippen LogP contribution in [0.25, 0.3) is 27.9 Å².